The van der Waals surface area contributed by atoms with E-state index in [0.717, 1.165) is 12.1 Å². The highest BCUT2D eigenvalue weighted by Gasteiger charge is 2.35. The van der Waals surface area contributed by atoms with E-state index in [2.05, 4.69) is 21.3 Å². The first-order chi connectivity index (χ1) is 16.4. The molecule has 0 fully saturated rings. The van der Waals surface area contributed by atoms with E-state index in [-0.39, 0.29) is 22.7 Å². The number of Topliss-reactive ketones (excluding diaryl/α,β-unsaturated/α-hetero) is 1. The Morgan fingerprint density at radius 3 is 2.54 bits per heavy atom. The van der Waals surface area contributed by atoms with E-state index in [1.807, 2.05) is 0 Å². The highest BCUT2D eigenvalue weighted by Crippen LogP contribution is 2.36. The Morgan fingerprint density at radius 1 is 1.26 bits per heavy atom. The van der Waals surface area contributed by atoms with Crippen molar-refractivity contribution in [2.75, 3.05) is 11.8 Å². The lowest BCUT2D eigenvalue weighted by Gasteiger charge is -2.15. The summed E-state index contributed by atoms with van der Waals surface area (Å²) in [6, 6.07) is 6.43. The Labute approximate surface area is 204 Å². The minimum absolute atomic E-state index is 0.0613. The van der Waals surface area contributed by atoms with Gasteiger partial charge < -0.3 is 9.72 Å². The molecule has 0 amide bonds. The maximum atomic E-state index is 13.6. The zero-order chi connectivity index (χ0) is 26.0. The Bertz CT molecular complexity index is 1430. The first-order valence-electron chi connectivity index (χ1n) is 9.85. The predicted octanol–water partition coefficient (Wildman–Crippen LogP) is 5.62. The number of alkyl halides is 3. The van der Waals surface area contributed by atoms with Crippen molar-refractivity contribution in [3.05, 3.63) is 94.7 Å². The number of hydrogen-bond acceptors (Lipinski definition) is 5. The number of H-pyrrole nitrogens is 1. The molecule has 12 heteroatoms. The number of allylic oxidation sites excluding steroid dienone is 2. The van der Waals surface area contributed by atoms with Gasteiger partial charge in [-0.3, -0.25) is 14.5 Å². The van der Waals surface area contributed by atoms with Gasteiger partial charge in [0.05, 0.1) is 33.9 Å². The smallest absolute Gasteiger partial charge is 0.417 e. The van der Waals surface area contributed by atoms with Crippen molar-refractivity contribution in [3.8, 4) is 0 Å². The van der Waals surface area contributed by atoms with Crippen LogP contribution in [0.5, 0.6) is 0 Å². The number of anilines is 1. The summed E-state index contributed by atoms with van der Waals surface area (Å²) in [6.45, 7) is 5.37. The highest BCUT2D eigenvalue weighted by atomic mass is 35.5. The van der Waals surface area contributed by atoms with Crippen LogP contribution < -0.4 is 4.72 Å². The number of sulfonamides is 1. The molecular formula is C23H19ClF3N3O4S. The van der Waals surface area contributed by atoms with E-state index in [9.17, 15) is 26.4 Å². The number of ketones is 1. The molecule has 2 aromatic heterocycles. The zero-order valence-corrected chi connectivity index (χ0v) is 20.0. The molecule has 0 aliphatic heterocycles. The monoisotopic (exact) mass is 525 g/mol. The lowest BCUT2D eigenvalue weighted by atomic mass is 9.97. The molecule has 2 heterocycles. The Morgan fingerprint density at radius 2 is 1.97 bits per heavy atom. The van der Waals surface area contributed by atoms with Gasteiger partial charge in [0.2, 0.25) is 5.78 Å². The summed E-state index contributed by atoms with van der Waals surface area (Å²) in [7, 11) is -3.22. The standard InChI is InChI=1S/C23H19ClF3N3O4S/c1-4-19(34-3)20(15-9-11-28-13(15)2)22(31)21-18(6-5-10-29-21)30-35(32,33)14-7-8-17(24)16(12-14)23(25,26)27/h4-12,28,30H,1H2,2-3H3/b20-19-. The molecule has 35 heavy (non-hydrogen) atoms. The van der Waals surface area contributed by atoms with Gasteiger partial charge in [-0.25, -0.2) is 8.42 Å². The minimum atomic E-state index is -4.87. The molecule has 0 radical (unpaired) electrons. The molecular weight excluding hydrogens is 507 g/mol. The van der Waals surface area contributed by atoms with Crippen LogP contribution in [-0.2, 0) is 20.9 Å². The molecule has 0 bridgehead atoms. The molecule has 7 nitrogen and oxygen atoms in total. The number of nitrogens with zero attached hydrogens (tertiary/aromatic N) is 1. The van der Waals surface area contributed by atoms with Gasteiger partial charge >= 0.3 is 6.18 Å². The summed E-state index contributed by atoms with van der Waals surface area (Å²) in [5.74, 6) is -0.584. The number of halogens is 4. The molecule has 0 aliphatic carbocycles. The van der Waals surface area contributed by atoms with Crippen molar-refractivity contribution in [1.29, 1.82) is 0 Å². The molecule has 0 aliphatic rings. The van der Waals surface area contributed by atoms with E-state index in [1.165, 1.54) is 31.5 Å². The van der Waals surface area contributed by atoms with Crippen molar-refractivity contribution >= 4 is 38.7 Å². The second-order valence-electron chi connectivity index (χ2n) is 7.14. The topological polar surface area (TPSA) is 101 Å². The molecule has 0 saturated heterocycles. The minimum Gasteiger partial charge on any atom is -0.496 e. The third-order valence-corrected chi connectivity index (χ3v) is 6.62. The van der Waals surface area contributed by atoms with Crippen LogP contribution in [0.25, 0.3) is 5.57 Å². The first-order valence-corrected chi connectivity index (χ1v) is 11.7. The molecule has 184 valence electrons. The molecule has 0 spiro atoms. The van der Waals surface area contributed by atoms with Crippen molar-refractivity contribution in [2.24, 2.45) is 0 Å². The van der Waals surface area contributed by atoms with E-state index < -0.39 is 37.5 Å². The van der Waals surface area contributed by atoms with Crippen LogP contribution >= 0.6 is 11.6 Å². The fraction of sp³-hybridized carbons (Fsp3) is 0.130. The van der Waals surface area contributed by atoms with Crippen molar-refractivity contribution in [1.82, 2.24) is 9.97 Å². The first kappa shape index (κ1) is 26.0. The summed E-state index contributed by atoms with van der Waals surface area (Å²) in [4.78, 5) is 19.8. The van der Waals surface area contributed by atoms with Crippen molar-refractivity contribution < 1.29 is 31.1 Å². The molecule has 0 atom stereocenters. The van der Waals surface area contributed by atoms with E-state index >= 15 is 0 Å². The van der Waals surface area contributed by atoms with Crippen LogP contribution in [0.4, 0.5) is 18.9 Å². The van der Waals surface area contributed by atoms with Gasteiger partial charge in [-0.15, -0.1) is 0 Å². The van der Waals surface area contributed by atoms with Gasteiger partial charge in [0.1, 0.15) is 11.5 Å². The van der Waals surface area contributed by atoms with Crippen LogP contribution in [0, 0.1) is 6.92 Å². The number of carbonyl (C=O) groups is 1. The maximum absolute atomic E-state index is 13.6. The number of nitrogens with one attached hydrogen (secondary N) is 2. The van der Waals surface area contributed by atoms with Crippen LogP contribution in [0.2, 0.25) is 5.02 Å². The van der Waals surface area contributed by atoms with Gasteiger partial charge in [0.15, 0.2) is 0 Å². The average Bonchev–Trinajstić information content (AvgIpc) is 3.21. The summed E-state index contributed by atoms with van der Waals surface area (Å²) >= 11 is 5.59. The number of aromatic nitrogens is 2. The maximum Gasteiger partial charge on any atom is 0.417 e. The zero-order valence-electron chi connectivity index (χ0n) is 18.4. The Balaban J connectivity index is 2.10. The molecule has 3 aromatic rings. The summed E-state index contributed by atoms with van der Waals surface area (Å²) in [5.41, 5.74) is -0.693. The van der Waals surface area contributed by atoms with E-state index in [0.29, 0.717) is 17.3 Å². The van der Waals surface area contributed by atoms with Gasteiger partial charge in [-0.1, -0.05) is 18.2 Å². The second-order valence-corrected chi connectivity index (χ2v) is 9.23. The lowest BCUT2D eigenvalue weighted by Crippen LogP contribution is -2.18. The number of ether oxygens (including phenoxy) is 1. The predicted molar refractivity (Wildman–Crippen MR) is 125 cm³/mol. The van der Waals surface area contributed by atoms with Crippen LogP contribution in [0.1, 0.15) is 27.3 Å². The molecule has 1 aromatic carbocycles. The average molecular weight is 526 g/mol. The Hall–Kier alpha value is -3.57. The fourth-order valence-electron chi connectivity index (χ4n) is 3.26. The van der Waals surface area contributed by atoms with Gasteiger partial charge in [0.25, 0.3) is 10.0 Å². The van der Waals surface area contributed by atoms with Crippen molar-refractivity contribution in [3.63, 3.8) is 0 Å². The molecule has 2 N–H and O–H groups in total. The van der Waals surface area contributed by atoms with Crippen LogP contribution in [-0.4, -0.2) is 31.3 Å². The SMILES string of the molecule is C=C/C(OC)=C(/C(=O)c1ncccc1NS(=O)(=O)c1ccc(Cl)c(C(F)(F)F)c1)c1cc[nH]c1C. The number of hydrogen-bond donors (Lipinski definition) is 2. The number of rotatable bonds is 8. The van der Waals surface area contributed by atoms with Gasteiger partial charge in [0, 0.05) is 23.7 Å². The molecule has 0 unspecified atom stereocenters. The van der Waals surface area contributed by atoms with E-state index in [4.69, 9.17) is 16.3 Å². The van der Waals surface area contributed by atoms with Crippen LogP contribution in [0.15, 0.2) is 72.1 Å². The van der Waals surface area contributed by atoms with Gasteiger partial charge in [-0.2, -0.15) is 13.2 Å². The summed E-state index contributed by atoms with van der Waals surface area (Å²) in [5, 5.41) is -0.651. The molecule has 3 rings (SSSR count). The number of aryl methyl sites for hydroxylation is 1. The largest absolute Gasteiger partial charge is 0.496 e. The third-order valence-electron chi connectivity index (χ3n) is 4.92. The van der Waals surface area contributed by atoms with Gasteiger partial charge in [-0.05, 0) is 49.4 Å². The molecule has 0 saturated carbocycles. The fourth-order valence-corrected chi connectivity index (χ4v) is 4.57. The number of pyridine rings is 1. The number of aromatic amines is 1. The second kappa shape index (κ2) is 9.96. The van der Waals surface area contributed by atoms with Crippen LogP contribution in [0.3, 0.4) is 0 Å². The quantitative estimate of drug-likeness (QED) is 0.172. The third kappa shape index (κ3) is 5.41. The summed E-state index contributed by atoms with van der Waals surface area (Å²) < 4.78 is 73.0. The van der Waals surface area contributed by atoms with Crippen molar-refractivity contribution in [2.45, 2.75) is 18.0 Å². The normalized spacial score (nSPS) is 12.6. The highest BCUT2D eigenvalue weighted by molar-refractivity contribution is 7.92. The number of carbonyl (C=O) groups excluding carboxylic acids is 1. The Kier molecular flexibility index (Phi) is 7.41. The van der Waals surface area contributed by atoms with E-state index in [1.54, 1.807) is 19.2 Å². The summed E-state index contributed by atoms with van der Waals surface area (Å²) in [6.07, 6.45) is -0.668. The lowest BCUT2D eigenvalue weighted by molar-refractivity contribution is -0.137. The number of methoxy groups -OCH3 is 1. The number of benzene rings is 1.